The van der Waals surface area contributed by atoms with Gasteiger partial charge in [0, 0.05) is 37.7 Å². The van der Waals surface area contributed by atoms with Crippen molar-refractivity contribution in [3.05, 3.63) is 48.0 Å². The highest BCUT2D eigenvalue weighted by atomic mass is 16.5. The number of carboxylic acid groups (broad SMARTS) is 1. The molecule has 47 heavy (non-hydrogen) atoms. The average molecular weight is 657 g/mol. The molecule has 14 nitrogen and oxygen atoms in total. The molecule has 1 aromatic carbocycles. The van der Waals surface area contributed by atoms with Crippen molar-refractivity contribution in [3.63, 3.8) is 0 Å². The molecule has 0 aliphatic heterocycles. The van der Waals surface area contributed by atoms with Crippen molar-refractivity contribution >= 4 is 23.8 Å². The first-order valence-corrected chi connectivity index (χ1v) is 16.5. The lowest BCUT2D eigenvalue weighted by Crippen LogP contribution is -2.58. The molecule has 0 unspecified atom stereocenters. The van der Waals surface area contributed by atoms with Crippen LogP contribution in [0.15, 0.2) is 36.8 Å². The Bertz CT molecular complexity index is 1300. The molecule has 8 N–H and O–H groups in total. The molecule has 2 aromatic rings. The topological polar surface area (TPSA) is 215 Å². The zero-order valence-corrected chi connectivity index (χ0v) is 26.8. The van der Waals surface area contributed by atoms with E-state index in [0.717, 1.165) is 44.9 Å². The minimum Gasteiger partial charge on any atom is -0.497 e. The maximum atomic E-state index is 13.9. The fourth-order valence-electron chi connectivity index (χ4n) is 6.16. The van der Waals surface area contributed by atoms with Gasteiger partial charge in [-0.25, -0.2) is 9.78 Å². The van der Waals surface area contributed by atoms with E-state index in [0.29, 0.717) is 29.3 Å². The molecule has 1 aromatic heterocycles. The highest BCUT2D eigenvalue weighted by Crippen LogP contribution is 2.36. The van der Waals surface area contributed by atoms with Gasteiger partial charge in [-0.1, -0.05) is 44.2 Å². The summed E-state index contributed by atoms with van der Waals surface area (Å²) >= 11 is 0. The molecule has 5 atom stereocenters. The molecule has 0 saturated heterocycles. The Morgan fingerprint density at radius 3 is 2.23 bits per heavy atom. The van der Waals surface area contributed by atoms with Crippen LogP contribution in [0.2, 0.25) is 0 Å². The van der Waals surface area contributed by atoms with Crippen molar-refractivity contribution in [1.29, 1.82) is 0 Å². The predicted octanol–water partition coefficient (Wildman–Crippen LogP) is 1.42. The van der Waals surface area contributed by atoms with Gasteiger partial charge in [0.2, 0.25) is 17.7 Å². The van der Waals surface area contributed by atoms with E-state index in [1.807, 2.05) is 0 Å². The third-order valence-corrected chi connectivity index (χ3v) is 9.00. The zero-order chi connectivity index (χ0) is 33.8. The van der Waals surface area contributed by atoms with E-state index in [1.54, 1.807) is 30.5 Å². The Kier molecular flexibility index (Phi) is 13.4. The van der Waals surface area contributed by atoms with Crippen molar-refractivity contribution in [1.82, 2.24) is 31.2 Å². The van der Waals surface area contributed by atoms with Crippen molar-refractivity contribution < 1.29 is 39.2 Å². The molecule has 14 heteroatoms. The average Bonchev–Trinajstić information content (AvgIpc) is 3.79. The number of aromatic nitrogens is 2. The minimum atomic E-state index is -1.27. The number of carbonyl (C=O) groups excluding carboxylic acids is 3. The number of aromatic amines is 1. The number of aliphatic hydroxyl groups is 2. The van der Waals surface area contributed by atoms with Gasteiger partial charge in [0.15, 0.2) is 0 Å². The number of methoxy groups -OCH3 is 1. The van der Waals surface area contributed by atoms with Crippen molar-refractivity contribution in [2.24, 2.45) is 11.8 Å². The molecule has 258 valence electrons. The Morgan fingerprint density at radius 1 is 0.936 bits per heavy atom. The molecular formula is C33H48N6O8. The first kappa shape index (κ1) is 35.7. The number of hydrogen-bond donors (Lipinski definition) is 8. The van der Waals surface area contributed by atoms with Crippen LogP contribution in [0.1, 0.15) is 69.0 Å². The standard InChI is InChI=1S/C33H48N6O8/c1-47-24-11-7-21(8-12-24)16-26(37-28(40)13-14-35-33(45)46)31(43)39-27(17-23-18-34-19-36-23)32(44)38-25(15-20-5-3-2-4-6-20)30(42)29(41)22-9-10-22/h7-8,11-12,18-20,22,25-27,29-30,35,41-42H,2-6,9-10,13-17H2,1H3,(H,34,36)(H,37,40)(H,38,44)(H,39,43)(H,45,46)/t25-,26-,27-,29-,30+/m0/s1. The molecule has 2 saturated carbocycles. The fraction of sp³-hybridized carbons (Fsp3) is 0.606. The fourth-order valence-corrected chi connectivity index (χ4v) is 6.16. The van der Waals surface area contributed by atoms with Gasteiger partial charge in [-0.15, -0.1) is 0 Å². The third-order valence-electron chi connectivity index (χ3n) is 9.00. The van der Waals surface area contributed by atoms with Crippen molar-refractivity contribution in [2.45, 2.75) is 101 Å². The molecular weight excluding hydrogens is 608 g/mol. The van der Waals surface area contributed by atoms with Gasteiger partial charge in [-0.3, -0.25) is 14.4 Å². The van der Waals surface area contributed by atoms with Gasteiger partial charge >= 0.3 is 6.09 Å². The molecule has 1 heterocycles. The van der Waals surface area contributed by atoms with E-state index in [-0.39, 0.29) is 31.7 Å². The number of nitrogens with zero attached hydrogens (tertiary/aromatic N) is 1. The Labute approximate surface area is 274 Å². The summed E-state index contributed by atoms with van der Waals surface area (Å²) in [4.78, 5) is 58.3. The predicted molar refractivity (Wildman–Crippen MR) is 171 cm³/mol. The van der Waals surface area contributed by atoms with Gasteiger partial charge in [0.05, 0.1) is 25.6 Å². The molecule has 0 spiro atoms. The van der Waals surface area contributed by atoms with E-state index >= 15 is 0 Å². The van der Waals surface area contributed by atoms with E-state index in [9.17, 15) is 29.4 Å². The second-order valence-corrected chi connectivity index (χ2v) is 12.7. The summed E-state index contributed by atoms with van der Waals surface area (Å²) in [5, 5.41) is 41.4. The first-order valence-electron chi connectivity index (χ1n) is 16.5. The Balaban J connectivity index is 1.52. The van der Waals surface area contributed by atoms with Crippen LogP contribution in [0.3, 0.4) is 0 Å². The Morgan fingerprint density at radius 2 is 1.62 bits per heavy atom. The van der Waals surface area contributed by atoms with Crippen LogP contribution in [-0.4, -0.2) is 93.1 Å². The number of rotatable bonds is 18. The number of hydrogen-bond acceptors (Lipinski definition) is 8. The first-order chi connectivity index (χ1) is 22.6. The quantitative estimate of drug-likeness (QED) is 0.116. The summed E-state index contributed by atoms with van der Waals surface area (Å²) in [6, 6.07) is 4.06. The molecule has 2 fully saturated rings. The van der Waals surface area contributed by atoms with Crippen LogP contribution in [-0.2, 0) is 27.2 Å². The summed E-state index contributed by atoms with van der Waals surface area (Å²) in [5.41, 5.74) is 1.30. The third kappa shape index (κ3) is 11.5. The number of ether oxygens (including phenoxy) is 1. The van der Waals surface area contributed by atoms with E-state index < -0.39 is 54.1 Å². The van der Waals surface area contributed by atoms with Crippen LogP contribution in [0, 0.1) is 11.8 Å². The largest absolute Gasteiger partial charge is 0.497 e. The molecule has 0 bridgehead atoms. The Hall–Kier alpha value is -4.17. The SMILES string of the molecule is COc1ccc(C[C@H](NC(=O)CCNC(=O)O)C(=O)N[C@@H](Cc2cnc[nH]2)C(=O)N[C@@H](CC2CCCCC2)[C@@H](O)[C@@H](O)C2CC2)cc1. The summed E-state index contributed by atoms with van der Waals surface area (Å²) in [6.45, 7) is -0.139. The van der Waals surface area contributed by atoms with Crippen LogP contribution >= 0.6 is 0 Å². The van der Waals surface area contributed by atoms with Crippen LogP contribution in [0.4, 0.5) is 4.79 Å². The summed E-state index contributed by atoms with van der Waals surface area (Å²) in [5.74, 6) is -0.781. The van der Waals surface area contributed by atoms with Crippen LogP contribution < -0.4 is 26.0 Å². The molecule has 2 aliphatic carbocycles. The highest BCUT2D eigenvalue weighted by molar-refractivity contribution is 5.92. The number of carbonyl (C=O) groups is 4. The van der Waals surface area contributed by atoms with Crippen molar-refractivity contribution in [3.8, 4) is 5.75 Å². The van der Waals surface area contributed by atoms with E-state index in [1.165, 1.54) is 13.4 Å². The summed E-state index contributed by atoms with van der Waals surface area (Å²) in [6.07, 6.45) is 7.05. The number of benzene rings is 1. The number of H-pyrrole nitrogens is 1. The smallest absolute Gasteiger partial charge is 0.404 e. The van der Waals surface area contributed by atoms with E-state index in [2.05, 4.69) is 31.2 Å². The van der Waals surface area contributed by atoms with Crippen LogP contribution in [0.25, 0.3) is 0 Å². The molecule has 4 rings (SSSR count). The molecule has 2 aliphatic rings. The van der Waals surface area contributed by atoms with Crippen LogP contribution in [0.5, 0.6) is 5.75 Å². The molecule has 0 radical (unpaired) electrons. The lowest BCUT2D eigenvalue weighted by molar-refractivity contribution is -0.133. The second-order valence-electron chi connectivity index (χ2n) is 12.7. The normalized spacial score (nSPS) is 18.2. The second kappa shape index (κ2) is 17.7. The van der Waals surface area contributed by atoms with Gasteiger partial charge in [0.25, 0.3) is 0 Å². The lowest BCUT2D eigenvalue weighted by Gasteiger charge is -2.33. The lowest BCUT2D eigenvalue weighted by atomic mass is 9.82. The zero-order valence-electron chi connectivity index (χ0n) is 26.8. The summed E-state index contributed by atoms with van der Waals surface area (Å²) in [7, 11) is 1.53. The molecule has 4 amide bonds. The number of amides is 4. The van der Waals surface area contributed by atoms with Crippen molar-refractivity contribution in [2.75, 3.05) is 13.7 Å². The number of nitrogens with one attached hydrogen (secondary N) is 5. The summed E-state index contributed by atoms with van der Waals surface area (Å²) < 4.78 is 5.22. The maximum absolute atomic E-state index is 13.9. The monoisotopic (exact) mass is 656 g/mol. The highest BCUT2D eigenvalue weighted by Gasteiger charge is 2.40. The number of aliphatic hydroxyl groups excluding tert-OH is 2. The van der Waals surface area contributed by atoms with E-state index in [4.69, 9.17) is 9.84 Å². The number of imidazole rings is 1. The minimum absolute atomic E-state index is 0.00396. The van der Waals surface area contributed by atoms with Gasteiger partial charge in [-0.2, -0.15) is 0 Å². The van der Waals surface area contributed by atoms with Gasteiger partial charge < -0.3 is 46.3 Å². The van der Waals surface area contributed by atoms with Gasteiger partial charge in [0.1, 0.15) is 23.9 Å². The maximum Gasteiger partial charge on any atom is 0.404 e. The van der Waals surface area contributed by atoms with Gasteiger partial charge in [-0.05, 0) is 48.8 Å².